The molecule has 25 heavy (non-hydrogen) atoms. The van der Waals surface area contributed by atoms with E-state index in [1.165, 1.54) is 16.8 Å². The lowest BCUT2D eigenvalue weighted by atomic mass is 10.1. The number of ether oxygens (including phenoxy) is 1. The topological polar surface area (TPSA) is 68.5 Å². The van der Waals surface area contributed by atoms with Crippen LogP contribution in [0.3, 0.4) is 0 Å². The highest BCUT2D eigenvalue weighted by Gasteiger charge is 2.52. The molecule has 8 nitrogen and oxygen atoms in total. The molecule has 3 aliphatic heterocycles. The zero-order valence-corrected chi connectivity index (χ0v) is 15.7. The van der Waals surface area contributed by atoms with Crippen LogP contribution in [0.25, 0.3) is 0 Å². The number of morpholine rings is 1. The normalized spacial score (nSPS) is 30.9. The number of carbonyl (C=O) groups excluding carboxylic acids is 2. The molecule has 2 saturated heterocycles. The van der Waals surface area contributed by atoms with Crippen LogP contribution < -0.4 is 0 Å². The highest BCUT2D eigenvalue weighted by atomic mass is 16.5. The van der Waals surface area contributed by atoms with Gasteiger partial charge in [0.2, 0.25) is 0 Å². The van der Waals surface area contributed by atoms with E-state index < -0.39 is 6.04 Å². The van der Waals surface area contributed by atoms with Crippen LogP contribution in [-0.2, 0) is 9.53 Å². The van der Waals surface area contributed by atoms with E-state index in [-0.39, 0.29) is 24.1 Å². The van der Waals surface area contributed by atoms with E-state index in [1.54, 1.807) is 7.05 Å². The molecule has 138 valence electrons. The summed E-state index contributed by atoms with van der Waals surface area (Å²) < 4.78 is 7.86. The first-order chi connectivity index (χ1) is 11.8. The van der Waals surface area contributed by atoms with Crippen LogP contribution in [0.5, 0.6) is 0 Å². The second-order valence-electron chi connectivity index (χ2n) is 7.17. The Bertz CT molecular complexity index is 634. The van der Waals surface area contributed by atoms with Gasteiger partial charge in [-0.25, -0.2) is 9.37 Å². The summed E-state index contributed by atoms with van der Waals surface area (Å²) in [6, 6.07) is -0.815. The molecule has 0 aromatic heterocycles. The standard InChI is InChI=1S/C17H28N5O3/c1-6-7-22-13(10-21-8-11(2)25-12(3)9-21)18-15-14(22)16(23)20(5)17(24)19(15)4/h11-12,14H,6-10H2,1-5H3/q+1. The lowest BCUT2D eigenvalue weighted by Gasteiger charge is -2.34. The lowest BCUT2D eigenvalue weighted by molar-refractivity contribution is -0.536. The second kappa shape index (κ2) is 6.84. The minimum absolute atomic E-state index is 0.178. The van der Waals surface area contributed by atoms with Crippen molar-refractivity contribution >= 4 is 23.6 Å². The summed E-state index contributed by atoms with van der Waals surface area (Å²) in [5, 5.41) is 0. The Balaban J connectivity index is 1.89. The number of imide groups is 1. The lowest BCUT2D eigenvalue weighted by Crippen LogP contribution is -2.61. The molecule has 0 saturated carbocycles. The third-order valence-electron chi connectivity index (χ3n) is 4.94. The van der Waals surface area contributed by atoms with Crippen molar-refractivity contribution in [1.29, 1.82) is 0 Å². The van der Waals surface area contributed by atoms with Crippen LogP contribution in [0.4, 0.5) is 4.79 Å². The molecular formula is C17H28N5O3+. The van der Waals surface area contributed by atoms with Crippen molar-refractivity contribution in [2.24, 2.45) is 4.99 Å². The Morgan fingerprint density at radius 3 is 2.40 bits per heavy atom. The first-order valence-electron chi connectivity index (χ1n) is 8.97. The van der Waals surface area contributed by atoms with Crippen LogP contribution in [0.2, 0.25) is 0 Å². The van der Waals surface area contributed by atoms with Gasteiger partial charge in [0.1, 0.15) is 6.54 Å². The van der Waals surface area contributed by atoms with Gasteiger partial charge in [-0.2, -0.15) is 0 Å². The van der Waals surface area contributed by atoms with Crippen molar-refractivity contribution in [2.75, 3.05) is 40.3 Å². The number of amides is 3. The van der Waals surface area contributed by atoms with Gasteiger partial charge >= 0.3 is 11.9 Å². The minimum atomic E-state index is -0.487. The summed E-state index contributed by atoms with van der Waals surface area (Å²) in [6.45, 7) is 9.31. The average Bonchev–Trinajstić information content (AvgIpc) is 2.89. The largest absolute Gasteiger partial charge is 0.373 e. The molecule has 0 spiro atoms. The first-order valence-corrected chi connectivity index (χ1v) is 8.97. The van der Waals surface area contributed by atoms with Gasteiger partial charge in [-0.15, -0.1) is 0 Å². The van der Waals surface area contributed by atoms with E-state index in [1.807, 2.05) is 0 Å². The fraction of sp³-hybridized carbons (Fsp3) is 0.765. The van der Waals surface area contributed by atoms with Gasteiger partial charge in [0, 0.05) is 27.2 Å². The minimum Gasteiger partial charge on any atom is -0.373 e. The summed E-state index contributed by atoms with van der Waals surface area (Å²) in [6.07, 6.45) is 1.27. The number of carbonyl (C=O) groups is 2. The fourth-order valence-electron chi connectivity index (χ4n) is 3.89. The third kappa shape index (κ3) is 3.20. The molecule has 3 amide bonds. The van der Waals surface area contributed by atoms with E-state index in [0.717, 1.165) is 31.9 Å². The second-order valence-corrected chi connectivity index (χ2v) is 7.17. The number of nitrogens with zero attached hydrogens (tertiary/aromatic N) is 5. The smallest absolute Gasteiger partial charge is 0.333 e. The van der Waals surface area contributed by atoms with Gasteiger partial charge < -0.3 is 4.74 Å². The van der Waals surface area contributed by atoms with Crippen molar-refractivity contribution in [3.8, 4) is 0 Å². The molecule has 0 radical (unpaired) electrons. The van der Waals surface area contributed by atoms with Crippen LogP contribution in [0.15, 0.2) is 4.99 Å². The Kier molecular flexibility index (Phi) is 4.92. The first kappa shape index (κ1) is 18.0. The summed E-state index contributed by atoms with van der Waals surface area (Å²) in [5.41, 5.74) is 0. The fourth-order valence-corrected chi connectivity index (χ4v) is 3.89. The summed E-state index contributed by atoms with van der Waals surface area (Å²) in [5.74, 6) is 1.21. The summed E-state index contributed by atoms with van der Waals surface area (Å²) in [4.78, 5) is 34.6. The molecule has 0 aromatic carbocycles. The molecule has 2 fully saturated rings. The maximum Gasteiger partial charge on any atom is 0.333 e. The third-order valence-corrected chi connectivity index (χ3v) is 4.94. The molecule has 3 aliphatic rings. The Labute approximate surface area is 148 Å². The van der Waals surface area contributed by atoms with Crippen LogP contribution in [0.1, 0.15) is 27.2 Å². The molecular weight excluding hydrogens is 322 g/mol. The number of hydrogen-bond acceptors (Lipinski definition) is 5. The van der Waals surface area contributed by atoms with Crippen LogP contribution >= 0.6 is 0 Å². The van der Waals surface area contributed by atoms with Gasteiger partial charge in [0.05, 0.1) is 18.8 Å². The van der Waals surface area contributed by atoms with Gasteiger partial charge in [0.15, 0.2) is 0 Å². The monoisotopic (exact) mass is 350 g/mol. The Morgan fingerprint density at radius 2 is 1.80 bits per heavy atom. The van der Waals surface area contributed by atoms with E-state index in [9.17, 15) is 9.59 Å². The predicted octanol–water partition coefficient (Wildman–Crippen LogP) is 0.221. The molecule has 3 unspecified atom stereocenters. The zero-order chi connectivity index (χ0) is 18.3. The van der Waals surface area contributed by atoms with E-state index in [0.29, 0.717) is 12.4 Å². The van der Waals surface area contributed by atoms with Gasteiger partial charge in [-0.1, -0.05) is 6.92 Å². The Morgan fingerprint density at radius 1 is 1.16 bits per heavy atom. The van der Waals surface area contributed by atoms with Crippen molar-refractivity contribution in [2.45, 2.75) is 45.4 Å². The molecule has 0 aromatic rings. The van der Waals surface area contributed by atoms with Crippen molar-refractivity contribution < 1.29 is 18.9 Å². The van der Waals surface area contributed by atoms with E-state index in [4.69, 9.17) is 9.73 Å². The van der Waals surface area contributed by atoms with Gasteiger partial charge in [-0.3, -0.25) is 19.5 Å². The molecule has 3 rings (SSSR count). The number of likely N-dealkylation sites (N-methyl/N-ethyl adjacent to an activating group) is 2. The molecule has 3 atom stereocenters. The van der Waals surface area contributed by atoms with Crippen molar-refractivity contribution in [3.63, 3.8) is 0 Å². The van der Waals surface area contributed by atoms with Gasteiger partial charge in [-0.05, 0) is 25.3 Å². The quantitative estimate of drug-likeness (QED) is 0.680. The summed E-state index contributed by atoms with van der Waals surface area (Å²) >= 11 is 0. The van der Waals surface area contributed by atoms with Crippen molar-refractivity contribution in [1.82, 2.24) is 14.7 Å². The number of aliphatic imine (C=N–C) groups is 1. The maximum absolute atomic E-state index is 12.7. The Hall–Kier alpha value is -1.80. The molecule has 0 N–H and O–H groups in total. The molecule has 8 heteroatoms. The number of amidine groups is 2. The van der Waals surface area contributed by atoms with E-state index in [2.05, 4.69) is 30.2 Å². The maximum atomic E-state index is 12.7. The SMILES string of the molecule is CCC[N+]1=C(CN2CC(C)OC(C)C2)N=C2C1C(=O)N(C)C(=O)N2C. The van der Waals surface area contributed by atoms with E-state index >= 15 is 0 Å². The number of fused-ring (bicyclic) bond motifs is 1. The highest BCUT2D eigenvalue weighted by Crippen LogP contribution is 2.20. The number of hydrogen-bond donors (Lipinski definition) is 0. The molecule has 0 bridgehead atoms. The summed E-state index contributed by atoms with van der Waals surface area (Å²) in [7, 11) is 3.22. The molecule has 0 aliphatic carbocycles. The predicted molar refractivity (Wildman–Crippen MR) is 94.0 cm³/mol. The zero-order valence-electron chi connectivity index (χ0n) is 15.7. The number of rotatable bonds is 4. The van der Waals surface area contributed by atoms with Crippen molar-refractivity contribution in [3.05, 3.63) is 0 Å². The molecule has 3 heterocycles. The average molecular weight is 350 g/mol. The van der Waals surface area contributed by atoms with Crippen LogP contribution in [0, 0.1) is 0 Å². The van der Waals surface area contributed by atoms with Crippen LogP contribution in [-0.4, -0.2) is 101 Å². The highest BCUT2D eigenvalue weighted by molar-refractivity contribution is 6.23. The van der Waals surface area contributed by atoms with Gasteiger partial charge in [0.25, 0.3) is 17.8 Å². The number of urea groups is 1.